The first kappa shape index (κ1) is 19.9. The molecule has 0 saturated carbocycles. The maximum Gasteiger partial charge on any atom is 0.228 e. The third-order valence-corrected chi connectivity index (χ3v) is 6.28. The molecule has 2 amide bonds. The standard InChI is InChI=1S/C20H25N3O2S2/c1-15-22-17(14-27-15)13-26-12-9-19(24)21-10-8-20(25)23-11-4-6-16-5-2-3-7-18(16)23/h2-3,5,7,14H,4,6,8-13H2,1H3,(H,21,24). The van der Waals surface area contributed by atoms with Crippen LogP contribution in [0.3, 0.4) is 0 Å². The number of nitrogens with zero attached hydrogens (tertiary/aromatic N) is 2. The van der Waals surface area contributed by atoms with Gasteiger partial charge in [-0.05, 0) is 31.4 Å². The van der Waals surface area contributed by atoms with Gasteiger partial charge in [0, 0.05) is 48.5 Å². The minimum Gasteiger partial charge on any atom is -0.356 e. The van der Waals surface area contributed by atoms with Crippen molar-refractivity contribution < 1.29 is 9.59 Å². The minimum atomic E-state index is 0.00352. The minimum absolute atomic E-state index is 0.00352. The smallest absolute Gasteiger partial charge is 0.228 e. The van der Waals surface area contributed by atoms with Gasteiger partial charge in [0.2, 0.25) is 11.8 Å². The Kier molecular flexibility index (Phi) is 7.29. The van der Waals surface area contributed by atoms with Gasteiger partial charge in [0.15, 0.2) is 0 Å². The Hall–Kier alpha value is -1.86. The molecule has 1 N–H and O–H groups in total. The van der Waals surface area contributed by atoms with Crippen LogP contribution in [0.1, 0.15) is 35.5 Å². The van der Waals surface area contributed by atoms with Gasteiger partial charge in [-0.25, -0.2) is 4.98 Å². The molecule has 144 valence electrons. The zero-order valence-electron chi connectivity index (χ0n) is 15.6. The summed E-state index contributed by atoms with van der Waals surface area (Å²) in [5.74, 6) is 1.68. The number of amides is 2. The van der Waals surface area contributed by atoms with Gasteiger partial charge in [-0.1, -0.05) is 18.2 Å². The lowest BCUT2D eigenvalue weighted by atomic mass is 10.0. The van der Waals surface area contributed by atoms with Crippen molar-refractivity contribution in [2.45, 2.75) is 38.4 Å². The molecule has 0 atom stereocenters. The zero-order chi connectivity index (χ0) is 19.1. The van der Waals surface area contributed by atoms with E-state index in [1.54, 1.807) is 23.1 Å². The molecular weight excluding hydrogens is 378 g/mol. The van der Waals surface area contributed by atoms with Gasteiger partial charge in [-0.3, -0.25) is 9.59 Å². The quantitative estimate of drug-likeness (QED) is 0.685. The summed E-state index contributed by atoms with van der Waals surface area (Å²) in [6, 6.07) is 8.07. The molecule has 0 unspecified atom stereocenters. The van der Waals surface area contributed by atoms with Crippen LogP contribution >= 0.6 is 23.1 Å². The largest absolute Gasteiger partial charge is 0.356 e. The van der Waals surface area contributed by atoms with Crippen molar-refractivity contribution >= 4 is 40.6 Å². The van der Waals surface area contributed by atoms with Crippen molar-refractivity contribution in [3.8, 4) is 0 Å². The van der Waals surface area contributed by atoms with Gasteiger partial charge >= 0.3 is 0 Å². The number of thioether (sulfide) groups is 1. The number of nitrogens with one attached hydrogen (secondary N) is 1. The first-order valence-corrected chi connectivity index (χ1v) is 11.3. The molecule has 7 heteroatoms. The maximum atomic E-state index is 12.5. The van der Waals surface area contributed by atoms with E-state index in [0.717, 1.165) is 47.3 Å². The highest BCUT2D eigenvalue weighted by molar-refractivity contribution is 7.98. The number of aryl methyl sites for hydroxylation is 2. The predicted octanol–water partition coefficient (Wildman–Crippen LogP) is 3.56. The summed E-state index contributed by atoms with van der Waals surface area (Å²) in [7, 11) is 0. The summed E-state index contributed by atoms with van der Waals surface area (Å²) >= 11 is 3.36. The Morgan fingerprint density at radius 2 is 2.15 bits per heavy atom. The van der Waals surface area contributed by atoms with Crippen LogP contribution in [0.2, 0.25) is 0 Å². The highest BCUT2D eigenvalue weighted by atomic mass is 32.2. The molecular formula is C20H25N3O2S2. The summed E-state index contributed by atoms with van der Waals surface area (Å²) in [5.41, 5.74) is 3.33. The van der Waals surface area contributed by atoms with Crippen LogP contribution in [-0.2, 0) is 21.8 Å². The molecule has 3 rings (SSSR count). The van der Waals surface area contributed by atoms with Crippen molar-refractivity contribution in [3.63, 3.8) is 0 Å². The third-order valence-electron chi connectivity index (χ3n) is 4.46. The average Bonchev–Trinajstić information content (AvgIpc) is 3.10. The van der Waals surface area contributed by atoms with Crippen LogP contribution in [0.4, 0.5) is 5.69 Å². The van der Waals surface area contributed by atoms with Gasteiger partial charge in [0.25, 0.3) is 0 Å². The Morgan fingerprint density at radius 1 is 1.30 bits per heavy atom. The Labute approximate surface area is 168 Å². The highest BCUT2D eigenvalue weighted by Crippen LogP contribution is 2.27. The van der Waals surface area contributed by atoms with Crippen LogP contribution in [-0.4, -0.2) is 35.6 Å². The lowest BCUT2D eigenvalue weighted by Gasteiger charge is -2.29. The maximum absolute atomic E-state index is 12.5. The van der Waals surface area contributed by atoms with E-state index in [0.29, 0.717) is 19.4 Å². The average molecular weight is 404 g/mol. The molecule has 0 fully saturated rings. The third kappa shape index (κ3) is 5.81. The number of hydrogen-bond acceptors (Lipinski definition) is 5. The van der Waals surface area contributed by atoms with Crippen molar-refractivity contribution in [1.82, 2.24) is 10.3 Å². The first-order valence-electron chi connectivity index (χ1n) is 9.27. The molecule has 2 heterocycles. The molecule has 0 radical (unpaired) electrons. The summed E-state index contributed by atoms with van der Waals surface area (Å²) in [6.07, 6.45) is 2.82. The Balaban J connectivity index is 1.33. The van der Waals surface area contributed by atoms with Crippen molar-refractivity contribution in [1.29, 1.82) is 0 Å². The summed E-state index contributed by atoms with van der Waals surface area (Å²) in [4.78, 5) is 30.7. The summed E-state index contributed by atoms with van der Waals surface area (Å²) in [5, 5.41) is 6.00. The van der Waals surface area contributed by atoms with Crippen LogP contribution in [0.5, 0.6) is 0 Å². The van der Waals surface area contributed by atoms with Crippen molar-refractivity contribution in [2.75, 3.05) is 23.7 Å². The molecule has 1 aliphatic rings. The number of fused-ring (bicyclic) bond motifs is 1. The fourth-order valence-electron chi connectivity index (χ4n) is 3.14. The Bertz CT molecular complexity index is 791. The lowest BCUT2D eigenvalue weighted by Crippen LogP contribution is -2.37. The number of benzene rings is 1. The number of hydrogen-bond donors (Lipinski definition) is 1. The Morgan fingerprint density at radius 3 is 2.96 bits per heavy atom. The fraction of sp³-hybridized carbons (Fsp3) is 0.450. The van der Waals surface area contributed by atoms with Crippen molar-refractivity contribution in [2.24, 2.45) is 0 Å². The van der Waals surface area contributed by atoms with E-state index in [4.69, 9.17) is 0 Å². The predicted molar refractivity (Wildman–Crippen MR) is 112 cm³/mol. The second-order valence-corrected chi connectivity index (χ2v) is 8.71. The SMILES string of the molecule is Cc1nc(CSCCC(=O)NCCC(=O)N2CCCc3ccccc32)cs1. The number of carbonyl (C=O) groups is 2. The molecule has 1 aliphatic heterocycles. The molecule has 0 spiro atoms. The molecule has 0 aliphatic carbocycles. The van der Waals surface area contributed by atoms with Gasteiger partial charge < -0.3 is 10.2 Å². The summed E-state index contributed by atoms with van der Waals surface area (Å²) in [6.45, 7) is 3.15. The molecule has 1 aromatic heterocycles. The number of carbonyl (C=O) groups excluding carboxylic acids is 2. The van der Waals surface area contributed by atoms with Crippen LogP contribution in [0.15, 0.2) is 29.6 Å². The van der Waals surface area contributed by atoms with Crippen LogP contribution < -0.4 is 10.2 Å². The van der Waals surface area contributed by atoms with Crippen LogP contribution in [0, 0.1) is 6.92 Å². The van der Waals surface area contributed by atoms with E-state index in [2.05, 4.69) is 21.7 Å². The van der Waals surface area contributed by atoms with Gasteiger partial charge in [0.1, 0.15) is 0 Å². The number of rotatable bonds is 8. The van der Waals surface area contributed by atoms with Gasteiger partial charge in [-0.15, -0.1) is 11.3 Å². The molecule has 1 aromatic carbocycles. The molecule has 0 bridgehead atoms. The van der Waals surface area contributed by atoms with Gasteiger partial charge in [-0.2, -0.15) is 11.8 Å². The highest BCUT2D eigenvalue weighted by Gasteiger charge is 2.21. The number of thiazole rings is 1. The van der Waals surface area contributed by atoms with Gasteiger partial charge in [0.05, 0.1) is 10.7 Å². The number of para-hydroxylation sites is 1. The fourth-order valence-corrected chi connectivity index (χ4v) is 4.69. The van der Waals surface area contributed by atoms with E-state index in [1.807, 2.05) is 30.0 Å². The topological polar surface area (TPSA) is 62.3 Å². The second kappa shape index (κ2) is 9.90. The van der Waals surface area contributed by atoms with E-state index in [-0.39, 0.29) is 11.8 Å². The first-order chi connectivity index (χ1) is 13.1. The van der Waals surface area contributed by atoms with E-state index in [9.17, 15) is 9.59 Å². The molecule has 0 saturated heterocycles. The van der Waals surface area contributed by atoms with E-state index in [1.165, 1.54) is 5.56 Å². The molecule has 5 nitrogen and oxygen atoms in total. The van der Waals surface area contributed by atoms with Crippen LogP contribution in [0.25, 0.3) is 0 Å². The summed E-state index contributed by atoms with van der Waals surface area (Å²) < 4.78 is 0. The second-order valence-electron chi connectivity index (χ2n) is 6.54. The van der Waals surface area contributed by atoms with Crippen molar-refractivity contribution in [3.05, 3.63) is 45.9 Å². The zero-order valence-corrected chi connectivity index (χ0v) is 17.2. The molecule has 27 heavy (non-hydrogen) atoms. The van der Waals surface area contributed by atoms with E-state index >= 15 is 0 Å². The normalized spacial score (nSPS) is 13.3. The number of anilines is 1. The number of aromatic nitrogens is 1. The lowest BCUT2D eigenvalue weighted by molar-refractivity contribution is -0.121. The molecule has 2 aromatic rings. The monoisotopic (exact) mass is 403 g/mol. The van der Waals surface area contributed by atoms with E-state index < -0.39 is 0 Å².